The highest BCUT2D eigenvalue weighted by Gasteiger charge is 2.27. The number of hydrogen-bond donors (Lipinski definition) is 1. The molecule has 44 heavy (non-hydrogen) atoms. The molecule has 3 heterocycles. The van der Waals surface area contributed by atoms with Crippen molar-refractivity contribution in [3.8, 4) is 0 Å². The van der Waals surface area contributed by atoms with E-state index in [0.29, 0.717) is 53.5 Å². The summed E-state index contributed by atoms with van der Waals surface area (Å²) in [6, 6.07) is 11.8. The fraction of sp³-hybridized carbons (Fsp3) is 0.310. The number of halogens is 1. The molecule has 1 N–H and O–H groups in total. The van der Waals surface area contributed by atoms with Gasteiger partial charge in [-0.15, -0.1) is 0 Å². The number of anilines is 2. The van der Waals surface area contributed by atoms with Crippen LogP contribution in [0.15, 0.2) is 52.1 Å². The molecule has 1 fully saturated rings. The third-order valence-electron chi connectivity index (χ3n) is 7.49. The van der Waals surface area contributed by atoms with E-state index < -0.39 is 23.2 Å². The molecule has 0 radical (unpaired) electrons. The van der Waals surface area contributed by atoms with E-state index in [1.807, 2.05) is 28.0 Å². The van der Waals surface area contributed by atoms with Crippen LogP contribution in [0.25, 0.3) is 11.2 Å². The monoisotopic (exact) mass is 639 g/mol. The molecule has 0 unspecified atom stereocenters. The first-order valence-corrected chi connectivity index (χ1v) is 14.3. The lowest BCUT2D eigenvalue weighted by molar-refractivity contribution is 0.0599. The van der Waals surface area contributed by atoms with Gasteiger partial charge in [-0.25, -0.2) is 14.4 Å². The van der Waals surface area contributed by atoms with Crippen LogP contribution in [0.5, 0.6) is 0 Å². The van der Waals surface area contributed by atoms with Gasteiger partial charge in [0.05, 0.1) is 31.9 Å². The van der Waals surface area contributed by atoms with Gasteiger partial charge in [-0.1, -0.05) is 29.8 Å². The predicted octanol–water partition coefficient (Wildman–Crippen LogP) is 2.23. The molecular formula is C29H30ClN7O6S. The van der Waals surface area contributed by atoms with E-state index in [4.69, 9.17) is 38.3 Å². The molecule has 1 aliphatic heterocycles. The number of hydrogen-bond acceptors (Lipinski definition) is 9. The van der Waals surface area contributed by atoms with Crippen LogP contribution in [0, 0.1) is 0 Å². The summed E-state index contributed by atoms with van der Waals surface area (Å²) in [5.74, 6) is -0.680. The summed E-state index contributed by atoms with van der Waals surface area (Å²) in [5, 5.41) is 4.05. The lowest BCUT2D eigenvalue weighted by atomic mass is 10.1. The quantitative estimate of drug-likeness (QED) is 0.246. The molecule has 5 rings (SSSR count). The van der Waals surface area contributed by atoms with Crippen molar-refractivity contribution in [1.29, 1.82) is 0 Å². The Balaban J connectivity index is 1.41. The molecule has 0 spiro atoms. The Morgan fingerprint density at radius 2 is 1.57 bits per heavy atom. The minimum atomic E-state index is -0.606. The second-order valence-corrected chi connectivity index (χ2v) is 10.9. The van der Waals surface area contributed by atoms with Crippen molar-refractivity contribution in [2.45, 2.75) is 6.54 Å². The predicted molar refractivity (Wildman–Crippen MR) is 170 cm³/mol. The van der Waals surface area contributed by atoms with Crippen molar-refractivity contribution in [2.75, 3.05) is 50.6 Å². The van der Waals surface area contributed by atoms with Crippen LogP contribution in [0.1, 0.15) is 26.3 Å². The smallest absolute Gasteiger partial charge is 0.337 e. The number of piperazine rings is 1. The van der Waals surface area contributed by atoms with Crippen molar-refractivity contribution < 1.29 is 19.1 Å². The van der Waals surface area contributed by atoms with Crippen LogP contribution in [0.3, 0.4) is 0 Å². The zero-order chi connectivity index (χ0) is 31.7. The number of fused-ring (bicyclic) bond motifs is 1. The number of rotatable bonds is 6. The third-order valence-corrected chi connectivity index (χ3v) is 8.22. The van der Waals surface area contributed by atoms with E-state index in [2.05, 4.69) is 5.32 Å². The first-order chi connectivity index (χ1) is 21.0. The van der Waals surface area contributed by atoms with Crippen molar-refractivity contribution >= 4 is 63.7 Å². The number of nitrogens with zero attached hydrogens (tertiary/aromatic N) is 6. The maximum Gasteiger partial charge on any atom is 0.337 e. The standard InChI is InChI=1S/C29H30ClN7O6S/c1-33-23-22(24(38)34(2)29(33)41)37(16-17-7-5-6-8-21(17)30)27(32-23)35-9-11-36(12-10-35)28(44)31-20-14-18(25(39)42-3)13-19(15-20)26(40)43-4/h5-8,13-15H,9-12,16H2,1-4H3,(H,31,44). The number of carbonyl (C=O) groups excluding carboxylic acids is 2. The average molecular weight is 640 g/mol. The Labute approximate surface area is 262 Å². The number of esters is 2. The molecule has 1 aliphatic rings. The number of nitrogens with one attached hydrogen (secondary N) is 1. The Kier molecular flexibility index (Phi) is 8.74. The summed E-state index contributed by atoms with van der Waals surface area (Å²) in [6.45, 7) is 2.27. The van der Waals surface area contributed by atoms with Gasteiger partial charge < -0.3 is 24.6 Å². The van der Waals surface area contributed by atoms with Gasteiger partial charge in [0.15, 0.2) is 16.3 Å². The topological polar surface area (TPSA) is 133 Å². The molecule has 0 bridgehead atoms. The highest BCUT2D eigenvalue weighted by atomic mass is 35.5. The van der Waals surface area contributed by atoms with Crippen molar-refractivity contribution in [3.05, 3.63) is 85.0 Å². The normalized spacial score (nSPS) is 13.2. The number of carbonyl (C=O) groups is 2. The van der Waals surface area contributed by atoms with Crippen molar-refractivity contribution in [2.24, 2.45) is 14.1 Å². The van der Waals surface area contributed by atoms with Gasteiger partial charge in [-0.05, 0) is 42.0 Å². The second kappa shape index (κ2) is 12.5. The Bertz CT molecular complexity index is 1870. The molecule has 15 heteroatoms. The zero-order valence-corrected chi connectivity index (χ0v) is 26.1. The van der Waals surface area contributed by atoms with Crippen LogP contribution in [0.4, 0.5) is 11.6 Å². The first kappa shape index (κ1) is 30.8. The number of imidazole rings is 1. The summed E-state index contributed by atoms with van der Waals surface area (Å²) >= 11 is 12.2. The van der Waals surface area contributed by atoms with E-state index >= 15 is 0 Å². The molecule has 2 aromatic carbocycles. The summed E-state index contributed by atoms with van der Waals surface area (Å²) in [4.78, 5) is 59.1. The second-order valence-electron chi connectivity index (χ2n) is 10.2. The zero-order valence-electron chi connectivity index (χ0n) is 24.5. The van der Waals surface area contributed by atoms with Gasteiger partial charge in [0, 0.05) is 51.0 Å². The lowest BCUT2D eigenvalue weighted by Gasteiger charge is -2.37. The van der Waals surface area contributed by atoms with Crippen molar-refractivity contribution in [1.82, 2.24) is 23.6 Å². The Hall–Kier alpha value is -4.69. The van der Waals surface area contributed by atoms with Gasteiger partial charge in [0.25, 0.3) is 5.56 Å². The molecule has 13 nitrogen and oxygen atoms in total. The fourth-order valence-electron chi connectivity index (χ4n) is 5.11. The molecule has 2 aromatic heterocycles. The number of aromatic nitrogens is 4. The maximum absolute atomic E-state index is 13.3. The van der Waals surface area contributed by atoms with E-state index in [0.717, 1.165) is 10.1 Å². The number of thiocarbonyl (C=S) groups is 1. The van der Waals surface area contributed by atoms with Gasteiger partial charge in [-0.2, -0.15) is 4.98 Å². The van der Waals surface area contributed by atoms with E-state index in [1.54, 1.807) is 29.8 Å². The molecular weight excluding hydrogens is 610 g/mol. The number of ether oxygens (including phenoxy) is 2. The van der Waals surface area contributed by atoms with E-state index in [9.17, 15) is 19.2 Å². The first-order valence-electron chi connectivity index (χ1n) is 13.6. The highest BCUT2D eigenvalue weighted by Crippen LogP contribution is 2.25. The fourth-order valence-corrected chi connectivity index (χ4v) is 5.60. The third kappa shape index (κ3) is 5.77. The molecule has 230 valence electrons. The van der Waals surface area contributed by atoms with Gasteiger partial charge in [0.1, 0.15) is 0 Å². The van der Waals surface area contributed by atoms with Crippen molar-refractivity contribution in [3.63, 3.8) is 0 Å². The molecule has 0 amide bonds. The van der Waals surface area contributed by atoms with E-state index in [-0.39, 0.29) is 23.3 Å². The van der Waals surface area contributed by atoms with Crippen LogP contribution < -0.4 is 21.5 Å². The Morgan fingerprint density at radius 3 is 2.16 bits per heavy atom. The Morgan fingerprint density at radius 1 is 0.955 bits per heavy atom. The summed E-state index contributed by atoms with van der Waals surface area (Å²) in [7, 11) is 5.54. The van der Waals surface area contributed by atoms with Crippen LogP contribution in [-0.2, 0) is 30.1 Å². The van der Waals surface area contributed by atoms with E-state index in [1.165, 1.54) is 31.9 Å². The highest BCUT2D eigenvalue weighted by molar-refractivity contribution is 7.80. The molecule has 1 saturated heterocycles. The van der Waals surface area contributed by atoms with Gasteiger partial charge >= 0.3 is 17.6 Å². The van der Waals surface area contributed by atoms with Crippen LogP contribution in [0.2, 0.25) is 5.02 Å². The van der Waals surface area contributed by atoms with Gasteiger partial charge in [0.2, 0.25) is 5.95 Å². The number of benzene rings is 2. The lowest BCUT2D eigenvalue weighted by Crippen LogP contribution is -2.50. The summed E-state index contributed by atoms with van der Waals surface area (Å²) in [6.07, 6.45) is 0. The van der Waals surface area contributed by atoms with Crippen LogP contribution in [-0.4, -0.2) is 81.0 Å². The molecule has 4 aromatic rings. The molecule has 0 saturated carbocycles. The van der Waals surface area contributed by atoms with Crippen LogP contribution >= 0.6 is 23.8 Å². The minimum absolute atomic E-state index is 0.170. The number of aryl methyl sites for hydroxylation is 1. The minimum Gasteiger partial charge on any atom is -0.465 e. The molecule has 0 aliphatic carbocycles. The SMILES string of the molecule is COC(=O)c1cc(NC(=S)N2CCN(c3nc4c(c(=O)n(C)c(=O)n4C)n3Cc3ccccc3Cl)CC2)cc(C(=O)OC)c1. The maximum atomic E-state index is 13.3. The summed E-state index contributed by atoms with van der Waals surface area (Å²) < 4.78 is 13.9. The van der Waals surface area contributed by atoms with Gasteiger partial charge in [-0.3, -0.25) is 18.5 Å². The molecule has 0 atom stereocenters. The number of methoxy groups -OCH3 is 2. The largest absolute Gasteiger partial charge is 0.465 e. The summed E-state index contributed by atoms with van der Waals surface area (Å²) in [5.41, 5.74) is 1.24. The average Bonchev–Trinajstić information content (AvgIpc) is 3.42.